The van der Waals surface area contributed by atoms with Gasteiger partial charge in [-0.25, -0.2) is 0 Å². The largest absolute Gasteiger partial charge is 0.394 e. The third-order valence-electron chi connectivity index (χ3n) is 3.08. The highest BCUT2D eigenvalue weighted by Crippen LogP contribution is 2.14. The Morgan fingerprint density at radius 3 is 2.57 bits per heavy atom. The molecule has 0 unspecified atom stereocenters. The lowest BCUT2D eigenvalue weighted by Crippen LogP contribution is -2.43. The maximum absolute atomic E-state index is 12.0. The van der Waals surface area contributed by atoms with E-state index in [4.69, 9.17) is 5.11 Å². The summed E-state index contributed by atoms with van der Waals surface area (Å²) < 4.78 is 0. The van der Waals surface area contributed by atoms with Gasteiger partial charge in [0.2, 0.25) is 0 Å². The van der Waals surface area contributed by atoms with Crippen LogP contribution in [0.25, 0.3) is 0 Å². The Morgan fingerprint density at radius 1 is 1.26 bits per heavy atom. The average Bonchev–Trinajstić information content (AvgIpc) is 2.57. The van der Waals surface area contributed by atoms with E-state index in [0.717, 1.165) is 0 Å². The fourth-order valence-corrected chi connectivity index (χ4v) is 1.76. The van der Waals surface area contributed by atoms with Crippen LogP contribution in [0.1, 0.15) is 23.7 Å². The van der Waals surface area contributed by atoms with Crippen molar-refractivity contribution in [2.24, 2.45) is 0 Å². The lowest BCUT2D eigenvalue weighted by molar-refractivity contribution is -0.136. The molecule has 0 aliphatic carbocycles. The van der Waals surface area contributed by atoms with Gasteiger partial charge in [0, 0.05) is 6.54 Å². The number of benzene rings is 1. The number of hydrogen-bond donors (Lipinski definition) is 4. The van der Waals surface area contributed by atoms with Crippen molar-refractivity contribution in [3.8, 4) is 0 Å². The molecule has 0 radical (unpaired) electrons. The molecule has 0 saturated heterocycles. The van der Waals surface area contributed by atoms with Crippen LogP contribution < -0.4 is 16.0 Å². The summed E-state index contributed by atoms with van der Waals surface area (Å²) in [6.45, 7) is 5.32. The van der Waals surface area contributed by atoms with Crippen LogP contribution >= 0.6 is 0 Å². The van der Waals surface area contributed by atoms with Crippen molar-refractivity contribution in [2.75, 3.05) is 18.5 Å². The molecule has 4 N–H and O–H groups in total. The predicted octanol–water partition coefficient (Wildman–Crippen LogP) is 0.428. The molecule has 0 aliphatic heterocycles. The Labute approximate surface area is 134 Å². The summed E-state index contributed by atoms with van der Waals surface area (Å²) in [4.78, 5) is 35.7. The summed E-state index contributed by atoms with van der Waals surface area (Å²) in [5.74, 6) is -2.16. The third kappa shape index (κ3) is 5.55. The lowest BCUT2D eigenvalue weighted by atomic mass is 10.1. The van der Waals surface area contributed by atoms with Gasteiger partial charge in [0.15, 0.2) is 0 Å². The van der Waals surface area contributed by atoms with E-state index in [1.807, 2.05) is 0 Å². The maximum Gasteiger partial charge on any atom is 0.313 e. The Morgan fingerprint density at radius 2 is 1.96 bits per heavy atom. The molecule has 1 atom stereocenters. The van der Waals surface area contributed by atoms with Crippen LogP contribution in [0.4, 0.5) is 5.69 Å². The number of aliphatic hydroxyl groups excluding tert-OH is 1. The van der Waals surface area contributed by atoms with Gasteiger partial charge in [0.05, 0.1) is 23.9 Å². The second-order valence-electron chi connectivity index (χ2n) is 4.76. The second kappa shape index (κ2) is 9.37. The average molecular weight is 319 g/mol. The van der Waals surface area contributed by atoms with Crippen LogP contribution in [0.15, 0.2) is 36.9 Å². The molecule has 7 heteroatoms. The van der Waals surface area contributed by atoms with Crippen molar-refractivity contribution < 1.29 is 19.5 Å². The zero-order chi connectivity index (χ0) is 17.2. The van der Waals surface area contributed by atoms with Crippen LogP contribution in [0, 0.1) is 0 Å². The summed E-state index contributed by atoms with van der Waals surface area (Å²) in [6, 6.07) is 5.86. The first kappa shape index (κ1) is 18.4. The quantitative estimate of drug-likeness (QED) is 0.432. The van der Waals surface area contributed by atoms with Crippen LogP contribution in [-0.2, 0) is 9.59 Å². The summed E-state index contributed by atoms with van der Waals surface area (Å²) in [5.41, 5.74) is 0.468. The lowest BCUT2D eigenvalue weighted by Gasteiger charge is -2.14. The van der Waals surface area contributed by atoms with Crippen molar-refractivity contribution in [2.45, 2.75) is 19.4 Å². The fraction of sp³-hybridized carbons (Fsp3) is 0.312. The van der Waals surface area contributed by atoms with E-state index in [0.29, 0.717) is 6.42 Å². The van der Waals surface area contributed by atoms with Gasteiger partial charge in [0.1, 0.15) is 0 Å². The number of para-hydroxylation sites is 1. The Hall–Kier alpha value is -2.67. The molecule has 3 amide bonds. The molecule has 1 aromatic rings. The zero-order valence-electron chi connectivity index (χ0n) is 13.0. The summed E-state index contributed by atoms with van der Waals surface area (Å²) in [7, 11) is 0. The smallest absolute Gasteiger partial charge is 0.313 e. The molecule has 0 spiro atoms. The fourth-order valence-electron chi connectivity index (χ4n) is 1.76. The molecule has 0 bridgehead atoms. The monoisotopic (exact) mass is 319 g/mol. The van der Waals surface area contributed by atoms with E-state index in [1.165, 1.54) is 18.2 Å². The molecular weight excluding hydrogens is 298 g/mol. The molecule has 1 aromatic carbocycles. The van der Waals surface area contributed by atoms with Gasteiger partial charge >= 0.3 is 11.8 Å². The molecule has 124 valence electrons. The highest BCUT2D eigenvalue weighted by atomic mass is 16.3. The molecule has 0 aliphatic rings. The number of hydrogen-bond acceptors (Lipinski definition) is 4. The number of rotatable bonds is 7. The van der Waals surface area contributed by atoms with Crippen LogP contribution in [0.5, 0.6) is 0 Å². The topological polar surface area (TPSA) is 108 Å². The van der Waals surface area contributed by atoms with Crippen molar-refractivity contribution in [1.29, 1.82) is 0 Å². The van der Waals surface area contributed by atoms with Gasteiger partial charge in [0.25, 0.3) is 5.91 Å². The predicted molar refractivity (Wildman–Crippen MR) is 86.9 cm³/mol. The van der Waals surface area contributed by atoms with Gasteiger partial charge in [-0.3, -0.25) is 14.4 Å². The van der Waals surface area contributed by atoms with E-state index < -0.39 is 17.9 Å². The molecule has 23 heavy (non-hydrogen) atoms. The van der Waals surface area contributed by atoms with Crippen molar-refractivity contribution in [3.05, 3.63) is 42.5 Å². The molecule has 1 rings (SSSR count). The minimum Gasteiger partial charge on any atom is -0.394 e. The minimum absolute atomic E-state index is 0.228. The Bertz CT molecular complexity index is 582. The molecule has 0 saturated carbocycles. The Kier molecular flexibility index (Phi) is 7.49. The number of carbonyl (C=O) groups excluding carboxylic acids is 3. The summed E-state index contributed by atoms with van der Waals surface area (Å²) in [6.07, 6.45) is 2.03. The van der Waals surface area contributed by atoms with Gasteiger partial charge in [-0.2, -0.15) is 0 Å². The van der Waals surface area contributed by atoms with Gasteiger partial charge in [-0.15, -0.1) is 6.58 Å². The second-order valence-corrected chi connectivity index (χ2v) is 4.76. The molecule has 0 fully saturated rings. The number of amides is 3. The number of aliphatic hydroxyl groups is 1. The van der Waals surface area contributed by atoms with E-state index in [-0.39, 0.29) is 30.3 Å². The number of anilines is 1. The molecule has 0 aromatic heterocycles. The first-order chi connectivity index (χ1) is 11.0. The molecule has 0 heterocycles. The highest BCUT2D eigenvalue weighted by molar-refractivity contribution is 6.40. The maximum atomic E-state index is 12.0. The van der Waals surface area contributed by atoms with E-state index >= 15 is 0 Å². The molecular formula is C16H21N3O4. The Balaban J connectivity index is 2.80. The van der Waals surface area contributed by atoms with Gasteiger partial charge in [-0.1, -0.05) is 25.1 Å². The van der Waals surface area contributed by atoms with Crippen LogP contribution in [0.2, 0.25) is 0 Å². The SMILES string of the molecule is C=CCNC(=O)c1ccccc1NC(=O)C(=O)N[C@H](CC)CO. The first-order valence-corrected chi connectivity index (χ1v) is 7.24. The van der Waals surface area contributed by atoms with E-state index in [1.54, 1.807) is 19.1 Å². The normalized spacial score (nSPS) is 11.2. The van der Waals surface area contributed by atoms with Crippen molar-refractivity contribution in [3.63, 3.8) is 0 Å². The summed E-state index contributed by atoms with van der Waals surface area (Å²) in [5, 5.41) is 16.4. The first-order valence-electron chi connectivity index (χ1n) is 7.24. The van der Waals surface area contributed by atoms with Gasteiger partial charge in [-0.05, 0) is 18.6 Å². The summed E-state index contributed by atoms with van der Waals surface area (Å²) >= 11 is 0. The number of nitrogens with one attached hydrogen (secondary N) is 3. The van der Waals surface area contributed by atoms with Crippen molar-refractivity contribution in [1.82, 2.24) is 10.6 Å². The third-order valence-corrected chi connectivity index (χ3v) is 3.08. The van der Waals surface area contributed by atoms with Crippen LogP contribution in [0.3, 0.4) is 0 Å². The standard InChI is InChI=1S/C16H21N3O4/c1-3-9-17-14(21)12-7-5-6-8-13(12)19-16(23)15(22)18-11(4-2)10-20/h3,5-8,11,20H,1,4,9-10H2,2H3,(H,17,21)(H,18,22)(H,19,23)/t11-/m1/s1. The zero-order valence-corrected chi connectivity index (χ0v) is 13.0. The van der Waals surface area contributed by atoms with E-state index in [9.17, 15) is 14.4 Å². The van der Waals surface area contributed by atoms with Crippen molar-refractivity contribution >= 4 is 23.4 Å². The van der Waals surface area contributed by atoms with E-state index in [2.05, 4.69) is 22.5 Å². The number of carbonyl (C=O) groups is 3. The molecule has 7 nitrogen and oxygen atoms in total. The van der Waals surface area contributed by atoms with Gasteiger partial charge < -0.3 is 21.1 Å². The van der Waals surface area contributed by atoms with Crippen LogP contribution in [-0.4, -0.2) is 42.0 Å². The highest BCUT2D eigenvalue weighted by Gasteiger charge is 2.19. The minimum atomic E-state index is -0.902.